The molecule has 2 aromatic carbocycles. The van der Waals surface area contributed by atoms with Crippen molar-refractivity contribution in [2.24, 2.45) is 0 Å². The van der Waals surface area contributed by atoms with Crippen LogP contribution in [0.4, 0.5) is 0 Å². The van der Waals surface area contributed by atoms with E-state index in [1.165, 1.54) is 24.0 Å². The van der Waals surface area contributed by atoms with Gasteiger partial charge in [-0.15, -0.1) is 0 Å². The van der Waals surface area contributed by atoms with Crippen LogP contribution in [0.25, 0.3) is 0 Å². The van der Waals surface area contributed by atoms with E-state index in [1.807, 2.05) is 18.2 Å². The summed E-state index contributed by atoms with van der Waals surface area (Å²) in [6.07, 6.45) is 4.94. The highest BCUT2D eigenvalue weighted by molar-refractivity contribution is 5.95. The van der Waals surface area contributed by atoms with Crippen molar-refractivity contribution in [3.8, 4) is 0 Å². The number of nitrogens with one attached hydrogen (secondary N) is 2. The lowest BCUT2D eigenvalue weighted by atomic mass is 9.87. The minimum atomic E-state index is -0.311. The van der Waals surface area contributed by atoms with E-state index < -0.39 is 0 Å². The lowest BCUT2D eigenvalue weighted by Crippen LogP contribution is -2.42. The zero-order chi connectivity index (χ0) is 19.4. The Morgan fingerprint density at radius 2 is 1.56 bits per heavy atom. The van der Waals surface area contributed by atoms with Gasteiger partial charge in [0.25, 0.3) is 5.91 Å². The highest BCUT2D eigenvalue weighted by Crippen LogP contribution is 2.23. The normalized spacial score (nSPS) is 13.6. The summed E-state index contributed by atoms with van der Waals surface area (Å²) in [6, 6.07) is 13.7. The molecule has 142 valence electrons. The fourth-order valence-corrected chi connectivity index (χ4v) is 3.45. The summed E-state index contributed by atoms with van der Waals surface area (Å²) in [6.45, 7) is 6.38. The monoisotopic (exact) mass is 364 g/mol. The lowest BCUT2D eigenvalue weighted by molar-refractivity contribution is -0.121. The molecule has 0 fully saturated rings. The van der Waals surface area contributed by atoms with Crippen molar-refractivity contribution in [2.75, 3.05) is 0 Å². The molecule has 0 saturated heterocycles. The number of carbonyl (C=O) groups excluding carboxylic acids is 2. The molecule has 27 heavy (non-hydrogen) atoms. The van der Waals surface area contributed by atoms with Gasteiger partial charge >= 0.3 is 0 Å². The van der Waals surface area contributed by atoms with Crippen LogP contribution in [0.1, 0.15) is 66.2 Å². The minimum absolute atomic E-state index is 0.0398. The molecule has 0 radical (unpaired) electrons. The molecule has 2 N–H and O–H groups in total. The first-order valence-electron chi connectivity index (χ1n) is 9.63. The van der Waals surface area contributed by atoms with Crippen LogP contribution < -0.4 is 10.9 Å². The Morgan fingerprint density at radius 3 is 2.22 bits per heavy atom. The first-order valence-corrected chi connectivity index (χ1v) is 9.63. The summed E-state index contributed by atoms with van der Waals surface area (Å²) in [7, 11) is 0. The zero-order valence-electron chi connectivity index (χ0n) is 16.4. The lowest BCUT2D eigenvalue weighted by Gasteiger charge is -2.19. The maximum Gasteiger partial charge on any atom is 0.269 e. The van der Waals surface area contributed by atoms with Crippen molar-refractivity contribution >= 4 is 11.8 Å². The van der Waals surface area contributed by atoms with Crippen LogP contribution >= 0.6 is 0 Å². The van der Waals surface area contributed by atoms with Crippen LogP contribution in [0.3, 0.4) is 0 Å². The van der Waals surface area contributed by atoms with E-state index in [2.05, 4.69) is 43.8 Å². The van der Waals surface area contributed by atoms with Crippen molar-refractivity contribution in [2.45, 2.75) is 58.3 Å². The van der Waals surface area contributed by atoms with Gasteiger partial charge in [-0.25, -0.2) is 0 Å². The highest BCUT2D eigenvalue weighted by atomic mass is 16.2. The predicted molar refractivity (Wildman–Crippen MR) is 108 cm³/mol. The van der Waals surface area contributed by atoms with Crippen molar-refractivity contribution in [3.63, 3.8) is 0 Å². The molecule has 4 heteroatoms. The topological polar surface area (TPSA) is 58.2 Å². The average molecular weight is 364 g/mol. The van der Waals surface area contributed by atoms with Crippen molar-refractivity contribution in [1.82, 2.24) is 10.9 Å². The third-order valence-electron chi connectivity index (χ3n) is 5.11. The Hall–Kier alpha value is -2.62. The first-order chi connectivity index (χ1) is 12.8. The van der Waals surface area contributed by atoms with Crippen LogP contribution in [0.2, 0.25) is 0 Å². The molecular formula is C23H28N2O2. The fourth-order valence-electron chi connectivity index (χ4n) is 3.45. The smallest absolute Gasteiger partial charge is 0.269 e. The number of amides is 2. The van der Waals surface area contributed by atoms with Crippen LogP contribution in [-0.4, -0.2) is 11.8 Å². The molecular weight excluding hydrogens is 336 g/mol. The highest BCUT2D eigenvalue weighted by Gasteiger charge is 2.15. The maximum atomic E-state index is 12.2. The van der Waals surface area contributed by atoms with Gasteiger partial charge in [0.1, 0.15) is 0 Å². The van der Waals surface area contributed by atoms with Gasteiger partial charge in [0.15, 0.2) is 0 Å². The Balaban J connectivity index is 1.53. The van der Waals surface area contributed by atoms with Gasteiger partial charge in [-0.05, 0) is 65.5 Å². The van der Waals surface area contributed by atoms with Gasteiger partial charge in [-0.2, -0.15) is 0 Å². The second-order valence-corrected chi connectivity index (χ2v) is 8.32. The maximum absolute atomic E-state index is 12.2. The van der Waals surface area contributed by atoms with Gasteiger partial charge in [0.05, 0.1) is 6.42 Å². The van der Waals surface area contributed by atoms with Crippen molar-refractivity contribution in [1.29, 1.82) is 0 Å². The quantitative estimate of drug-likeness (QED) is 0.813. The predicted octanol–water partition coefficient (Wildman–Crippen LogP) is 3.87. The van der Waals surface area contributed by atoms with Gasteiger partial charge in [0.2, 0.25) is 5.91 Å². The van der Waals surface area contributed by atoms with E-state index >= 15 is 0 Å². The molecule has 0 spiro atoms. The van der Waals surface area contributed by atoms with E-state index in [-0.39, 0.29) is 23.7 Å². The summed E-state index contributed by atoms with van der Waals surface area (Å²) in [5.74, 6) is -0.528. The molecule has 0 saturated carbocycles. The van der Waals surface area contributed by atoms with Crippen LogP contribution in [0.15, 0.2) is 42.5 Å². The average Bonchev–Trinajstić information content (AvgIpc) is 2.65. The summed E-state index contributed by atoms with van der Waals surface area (Å²) in [4.78, 5) is 24.4. The second kappa shape index (κ2) is 7.95. The number of benzene rings is 2. The largest absolute Gasteiger partial charge is 0.273 e. The van der Waals surface area contributed by atoms with Crippen molar-refractivity contribution in [3.05, 3.63) is 70.3 Å². The molecule has 3 rings (SSSR count). The molecule has 1 aliphatic rings. The first kappa shape index (κ1) is 19.2. The van der Waals surface area contributed by atoms with E-state index in [1.54, 1.807) is 12.1 Å². The Labute approximate surface area is 161 Å². The second-order valence-electron chi connectivity index (χ2n) is 8.32. The molecule has 0 heterocycles. The van der Waals surface area contributed by atoms with E-state index in [0.717, 1.165) is 24.0 Å². The molecule has 1 aliphatic carbocycles. The number of hydrogen-bond acceptors (Lipinski definition) is 2. The minimum Gasteiger partial charge on any atom is -0.273 e. The number of aryl methyl sites for hydroxylation is 2. The fraction of sp³-hybridized carbons (Fsp3) is 0.391. The summed E-state index contributed by atoms with van der Waals surface area (Å²) in [5.41, 5.74) is 10.5. The van der Waals surface area contributed by atoms with Crippen molar-refractivity contribution < 1.29 is 9.59 Å². The molecule has 4 nitrogen and oxygen atoms in total. The molecule has 0 atom stereocenters. The standard InChI is InChI=1S/C23H28N2O2/c1-23(2,3)20-12-10-18(11-13-20)22(27)25-24-21(26)15-16-8-9-17-6-4-5-7-19(17)14-16/h8-14H,4-7,15H2,1-3H3,(H,24,26)(H,25,27). The van der Waals surface area contributed by atoms with E-state index in [0.29, 0.717) is 5.56 Å². The third-order valence-corrected chi connectivity index (χ3v) is 5.11. The van der Waals surface area contributed by atoms with Crippen LogP contribution in [0.5, 0.6) is 0 Å². The third kappa shape index (κ3) is 4.97. The van der Waals surface area contributed by atoms with Crippen LogP contribution in [-0.2, 0) is 29.5 Å². The van der Waals surface area contributed by atoms with E-state index in [4.69, 9.17) is 0 Å². The summed E-state index contributed by atoms with van der Waals surface area (Å²) in [5, 5.41) is 0. The summed E-state index contributed by atoms with van der Waals surface area (Å²) >= 11 is 0. The number of hydrogen-bond donors (Lipinski definition) is 2. The van der Waals surface area contributed by atoms with Gasteiger partial charge in [-0.3, -0.25) is 20.4 Å². The summed E-state index contributed by atoms with van der Waals surface area (Å²) < 4.78 is 0. The van der Waals surface area contributed by atoms with Gasteiger partial charge < -0.3 is 0 Å². The molecule has 2 amide bonds. The Bertz CT molecular complexity index is 832. The molecule has 0 unspecified atom stereocenters. The Kier molecular flexibility index (Phi) is 5.64. The molecule has 2 aromatic rings. The number of rotatable bonds is 3. The van der Waals surface area contributed by atoms with Gasteiger partial charge in [-0.1, -0.05) is 51.1 Å². The molecule has 0 aliphatic heterocycles. The molecule has 0 aromatic heterocycles. The number of carbonyl (C=O) groups is 2. The molecule has 0 bridgehead atoms. The SMILES string of the molecule is CC(C)(C)c1ccc(C(=O)NNC(=O)Cc2ccc3c(c2)CCCC3)cc1. The van der Waals surface area contributed by atoms with Gasteiger partial charge in [0, 0.05) is 5.56 Å². The van der Waals surface area contributed by atoms with E-state index in [9.17, 15) is 9.59 Å². The zero-order valence-corrected chi connectivity index (χ0v) is 16.4. The Morgan fingerprint density at radius 1 is 0.889 bits per heavy atom. The number of hydrazine groups is 1. The number of fused-ring (bicyclic) bond motifs is 1. The van der Waals surface area contributed by atoms with Crippen LogP contribution in [0, 0.1) is 0 Å².